The molecular weight excluding hydrogens is 386 g/mol. The number of rotatable bonds is 3. The fourth-order valence-electron chi connectivity index (χ4n) is 5.16. The maximum atomic E-state index is 13.4. The molecule has 10 nitrogen and oxygen atoms in total. The molecule has 10 heteroatoms. The van der Waals surface area contributed by atoms with Gasteiger partial charge in [0.05, 0.1) is 30.7 Å². The number of nitrogen functional groups attached to an aromatic ring is 1. The number of carbonyl (C=O) groups excluding carboxylic acids is 2. The number of amides is 2. The van der Waals surface area contributed by atoms with Crippen molar-refractivity contribution >= 4 is 23.5 Å². The molecule has 2 fully saturated rings. The predicted octanol–water partition coefficient (Wildman–Crippen LogP) is 0.447. The van der Waals surface area contributed by atoms with Crippen molar-refractivity contribution < 1.29 is 14.1 Å². The number of aromatic nitrogens is 3. The molecule has 2 N–H and O–H groups in total. The molecule has 0 aliphatic carbocycles. The van der Waals surface area contributed by atoms with Gasteiger partial charge >= 0.3 is 0 Å². The zero-order chi connectivity index (χ0) is 20.8. The van der Waals surface area contributed by atoms with Gasteiger partial charge in [0.25, 0.3) is 0 Å². The minimum Gasteiger partial charge on any atom is -0.384 e. The van der Waals surface area contributed by atoms with Gasteiger partial charge in [0.2, 0.25) is 11.8 Å². The molecule has 0 bridgehead atoms. The highest BCUT2D eigenvalue weighted by Gasteiger charge is 2.50. The van der Waals surface area contributed by atoms with Crippen molar-refractivity contribution in [3.05, 3.63) is 29.9 Å². The van der Waals surface area contributed by atoms with Crippen molar-refractivity contribution in [2.75, 3.05) is 30.3 Å². The van der Waals surface area contributed by atoms with E-state index in [1.165, 1.54) is 6.33 Å². The first-order valence-corrected chi connectivity index (χ1v) is 10.4. The minimum atomic E-state index is -0.194. The Bertz CT molecular complexity index is 977. The van der Waals surface area contributed by atoms with Gasteiger partial charge < -0.3 is 25.0 Å². The molecule has 2 aromatic rings. The molecule has 3 aliphatic rings. The van der Waals surface area contributed by atoms with Crippen molar-refractivity contribution in [3.8, 4) is 0 Å². The smallest absolute Gasteiger partial charge is 0.242 e. The summed E-state index contributed by atoms with van der Waals surface area (Å²) < 4.78 is 5.05. The predicted molar refractivity (Wildman–Crippen MR) is 107 cm³/mol. The molecule has 0 radical (unpaired) electrons. The van der Waals surface area contributed by atoms with E-state index in [1.807, 2.05) is 21.6 Å². The quantitative estimate of drug-likeness (QED) is 0.772. The first-order valence-electron chi connectivity index (χ1n) is 10.4. The highest BCUT2D eigenvalue weighted by Crippen LogP contribution is 2.37. The summed E-state index contributed by atoms with van der Waals surface area (Å²) in [7, 11) is 0. The molecule has 2 saturated heterocycles. The lowest BCUT2D eigenvalue weighted by Crippen LogP contribution is -2.56. The summed E-state index contributed by atoms with van der Waals surface area (Å²) in [4.78, 5) is 40.4. The molecular formula is C20H25N7O3. The molecule has 3 atom stereocenters. The normalized spacial score (nSPS) is 26.0. The summed E-state index contributed by atoms with van der Waals surface area (Å²) in [6, 6.07) is 1.59. The van der Waals surface area contributed by atoms with Crippen molar-refractivity contribution in [2.24, 2.45) is 5.92 Å². The van der Waals surface area contributed by atoms with E-state index in [0.717, 1.165) is 17.7 Å². The number of hydrogen-bond donors (Lipinski definition) is 1. The van der Waals surface area contributed by atoms with Crippen molar-refractivity contribution in [1.29, 1.82) is 0 Å². The molecule has 2 amide bonds. The van der Waals surface area contributed by atoms with Gasteiger partial charge in [0.1, 0.15) is 24.2 Å². The van der Waals surface area contributed by atoms with Crippen LogP contribution in [-0.4, -0.2) is 68.5 Å². The molecule has 0 aromatic carbocycles. The Kier molecular flexibility index (Phi) is 4.56. The van der Waals surface area contributed by atoms with Crippen molar-refractivity contribution in [3.63, 3.8) is 0 Å². The van der Waals surface area contributed by atoms with Crippen molar-refractivity contribution in [2.45, 2.75) is 44.8 Å². The number of carbonyl (C=O) groups is 2. The number of hydrogen-bond acceptors (Lipinski definition) is 8. The third kappa shape index (κ3) is 3.06. The molecule has 30 heavy (non-hydrogen) atoms. The number of fused-ring (bicyclic) bond motifs is 2. The molecule has 0 saturated carbocycles. The Morgan fingerprint density at radius 2 is 2.20 bits per heavy atom. The number of piperazine rings is 1. The standard InChI is InChI=1S/C20H25N7O3/c1-2-16-14(20(29)25-4-3-15-12(7-25)10-30-24-15)5-13-8-26(9-19(28)27(13)16)18-6-17(21)22-11-23-18/h6,10-11,13-14,16H,2-5,7-9H2,1H3,(H2,21,22,23)/t13-,14?,16?/m0/s1. The van der Waals surface area contributed by atoms with Crippen LogP contribution >= 0.6 is 0 Å². The van der Waals surface area contributed by atoms with Gasteiger partial charge in [-0.15, -0.1) is 0 Å². The van der Waals surface area contributed by atoms with Crippen LogP contribution in [0.4, 0.5) is 11.6 Å². The van der Waals surface area contributed by atoms with Crippen LogP contribution in [0, 0.1) is 5.92 Å². The van der Waals surface area contributed by atoms with E-state index < -0.39 is 0 Å². The van der Waals surface area contributed by atoms with Crippen LogP contribution < -0.4 is 10.6 Å². The highest BCUT2D eigenvalue weighted by atomic mass is 16.5. The molecule has 0 spiro atoms. The fourth-order valence-corrected chi connectivity index (χ4v) is 5.16. The molecule has 3 aliphatic heterocycles. The molecule has 5 heterocycles. The van der Waals surface area contributed by atoms with E-state index in [2.05, 4.69) is 15.1 Å². The van der Waals surface area contributed by atoms with Gasteiger partial charge in [0.15, 0.2) is 0 Å². The number of anilines is 2. The minimum absolute atomic E-state index is 0.0164. The fraction of sp³-hybridized carbons (Fsp3) is 0.550. The van der Waals surface area contributed by atoms with Gasteiger partial charge in [-0.05, 0) is 12.8 Å². The topological polar surface area (TPSA) is 122 Å². The summed E-state index contributed by atoms with van der Waals surface area (Å²) in [5.74, 6) is 0.980. The molecule has 2 unspecified atom stereocenters. The molecule has 158 valence electrons. The van der Waals surface area contributed by atoms with Gasteiger partial charge in [-0.1, -0.05) is 12.1 Å². The van der Waals surface area contributed by atoms with E-state index in [0.29, 0.717) is 44.1 Å². The van der Waals surface area contributed by atoms with Gasteiger partial charge in [-0.2, -0.15) is 0 Å². The average molecular weight is 411 g/mol. The Labute approximate surface area is 174 Å². The lowest BCUT2D eigenvalue weighted by atomic mass is 9.94. The first-order chi connectivity index (χ1) is 14.5. The molecule has 2 aromatic heterocycles. The van der Waals surface area contributed by atoms with E-state index in [1.54, 1.807) is 12.3 Å². The summed E-state index contributed by atoms with van der Waals surface area (Å²) >= 11 is 0. The monoisotopic (exact) mass is 411 g/mol. The largest absolute Gasteiger partial charge is 0.384 e. The highest BCUT2D eigenvalue weighted by molar-refractivity contribution is 5.87. The van der Waals surface area contributed by atoms with Crippen LogP contribution in [0.5, 0.6) is 0 Å². The van der Waals surface area contributed by atoms with E-state index in [-0.39, 0.29) is 36.4 Å². The Morgan fingerprint density at radius 3 is 3.00 bits per heavy atom. The average Bonchev–Trinajstić information content (AvgIpc) is 3.37. The summed E-state index contributed by atoms with van der Waals surface area (Å²) in [6.45, 7) is 4.08. The van der Waals surface area contributed by atoms with Crippen molar-refractivity contribution in [1.82, 2.24) is 24.9 Å². The van der Waals surface area contributed by atoms with Crippen LogP contribution in [0.3, 0.4) is 0 Å². The number of nitrogens with two attached hydrogens (primary N) is 1. The van der Waals surface area contributed by atoms with Crippen LogP contribution in [0.1, 0.15) is 31.0 Å². The zero-order valence-corrected chi connectivity index (χ0v) is 16.9. The lowest BCUT2D eigenvalue weighted by molar-refractivity contribution is -0.139. The van der Waals surface area contributed by atoms with Crippen LogP contribution in [0.15, 0.2) is 23.2 Å². The second-order valence-electron chi connectivity index (χ2n) is 8.25. The van der Waals surface area contributed by atoms with E-state index in [4.69, 9.17) is 10.3 Å². The number of nitrogens with zero attached hydrogens (tertiary/aromatic N) is 6. The van der Waals surface area contributed by atoms with Crippen LogP contribution in [0.2, 0.25) is 0 Å². The first kappa shape index (κ1) is 18.8. The maximum absolute atomic E-state index is 13.4. The SMILES string of the molecule is CCC1C(C(=O)N2CCc3nocc3C2)C[C@H]2CN(c3cc(N)ncn3)CC(=O)N12. The second kappa shape index (κ2) is 7.26. The summed E-state index contributed by atoms with van der Waals surface area (Å²) in [5.41, 5.74) is 7.70. The molecule has 5 rings (SSSR count). The Hall–Kier alpha value is -3.17. The van der Waals surface area contributed by atoms with Gasteiger partial charge in [-0.3, -0.25) is 9.59 Å². The second-order valence-corrected chi connectivity index (χ2v) is 8.25. The third-order valence-electron chi connectivity index (χ3n) is 6.54. The van der Waals surface area contributed by atoms with Gasteiger partial charge in [0, 0.05) is 37.2 Å². The lowest BCUT2D eigenvalue weighted by Gasteiger charge is -2.40. The van der Waals surface area contributed by atoms with E-state index >= 15 is 0 Å². The van der Waals surface area contributed by atoms with Gasteiger partial charge in [-0.25, -0.2) is 9.97 Å². The summed E-state index contributed by atoms with van der Waals surface area (Å²) in [6.07, 6.45) is 5.15. The third-order valence-corrected chi connectivity index (χ3v) is 6.54. The Morgan fingerprint density at radius 1 is 1.33 bits per heavy atom. The van der Waals surface area contributed by atoms with E-state index in [9.17, 15) is 9.59 Å². The maximum Gasteiger partial charge on any atom is 0.242 e. The summed E-state index contributed by atoms with van der Waals surface area (Å²) in [5, 5.41) is 4.00. The van der Waals surface area contributed by atoms with Crippen LogP contribution in [-0.2, 0) is 22.6 Å². The Balaban J connectivity index is 1.35. The zero-order valence-electron chi connectivity index (χ0n) is 16.9. The van der Waals surface area contributed by atoms with Crippen LogP contribution in [0.25, 0.3) is 0 Å².